The molecule has 8 nitrogen and oxygen atoms in total. The molecule has 28 heavy (non-hydrogen) atoms. The Kier molecular flexibility index (Phi) is 5.42. The smallest absolute Gasteiger partial charge is 0.297 e. The van der Waals surface area contributed by atoms with Crippen LogP contribution in [0.1, 0.15) is 22.1 Å². The van der Waals surface area contributed by atoms with Gasteiger partial charge in [0.1, 0.15) is 11.6 Å². The Balaban J connectivity index is 1.42. The minimum atomic E-state index is -0.434. The highest BCUT2D eigenvalue weighted by atomic mass is 32.1. The van der Waals surface area contributed by atoms with Crippen molar-refractivity contribution in [3.63, 3.8) is 0 Å². The first-order chi connectivity index (χ1) is 13.6. The predicted molar refractivity (Wildman–Crippen MR) is 102 cm³/mol. The van der Waals surface area contributed by atoms with E-state index in [1.807, 2.05) is 5.38 Å². The fraction of sp³-hybridized carbons (Fsp3) is 0.333. The van der Waals surface area contributed by atoms with Gasteiger partial charge in [-0.05, 0) is 31.2 Å². The number of ether oxygens (including phenoxy) is 1. The maximum atomic E-state index is 13.1. The Morgan fingerprint density at radius 3 is 2.75 bits per heavy atom. The second-order valence-corrected chi connectivity index (χ2v) is 7.22. The summed E-state index contributed by atoms with van der Waals surface area (Å²) >= 11 is 1.37. The van der Waals surface area contributed by atoms with E-state index < -0.39 is 5.91 Å². The van der Waals surface area contributed by atoms with Gasteiger partial charge in [-0.15, -0.1) is 16.4 Å². The molecule has 10 heteroatoms. The second kappa shape index (κ2) is 8.13. The molecule has 1 aliphatic rings. The van der Waals surface area contributed by atoms with E-state index in [9.17, 15) is 9.18 Å². The Morgan fingerprint density at radius 1 is 1.25 bits per heavy atom. The summed E-state index contributed by atoms with van der Waals surface area (Å²) in [6.45, 7) is 5.68. The van der Waals surface area contributed by atoms with Crippen molar-refractivity contribution in [2.24, 2.45) is 0 Å². The number of thiazole rings is 1. The van der Waals surface area contributed by atoms with Gasteiger partial charge in [-0.2, -0.15) is 0 Å². The van der Waals surface area contributed by atoms with E-state index >= 15 is 0 Å². The van der Waals surface area contributed by atoms with Gasteiger partial charge in [-0.1, -0.05) is 0 Å². The summed E-state index contributed by atoms with van der Waals surface area (Å²) in [5.74, 6) is -0.206. The number of rotatable bonds is 5. The van der Waals surface area contributed by atoms with Gasteiger partial charge in [0.05, 0.1) is 24.6 Å². The lowest BCUT2D eigenvalue weighted by molar-refractivity contribution is 0.0337. The molecule has 146 valence electrons. The molecule has 0 saturated carbocycles. The van der Waals surface area contributed by atoms with Gasteiger partial charge in [0.2, 0.25) is 5.82 Å². The van der Waals surface area contributed by atoms with Crippen molar-refractivity contribution < 1.29 is 13.9 Å². The molecule has 1 amide bonds. The summed E-state index contributed by atoms with van der Waals surface area (Å²) < 4.78 is 19.9. The zero-order valence-electron chi connectivity index (χ0n) is 15.3. The number of aromatic nitrogens is 4. The SMILES string of the molecule is Cc1nc(C(=O)Nc2nc(CN3CCOCC3)cs2)nn1-c1ccc(F)cc1. The number of nitrogens with zero attached hydrogens (tertiary/aromatic N) is 5. The molecule has 3 heterocycles. The van der Waals surface area contributed by atoms with Crippen molar-refractivity contribution in [3.8, 4) is 5.69 Å². The van der Waals surface area contributed by atoms with E-state index in [4.69, 9.17) is 4.74 Å². The monoisotopic (exact) mass is 402 g/mol. The van der Waals surface area contributed by atoms with Gasteiger partial charge in [0, 0.05) is 25.0 Å². The molecule has 2 aromatic heterocycles. The number of halogens is 1. The molecule has 1 N–H and O–H groups in total. The predicted octanol–water partition coefficient (Wildman–Crippen LogP) is 2.26. The average molecular weight is 402 g/mol. The van der Waals surface area contributed by atoms with Crippen molar-refractivity contribution in [1.29, 1.82) is 0 Å². The van der Waals surface area contributed by atoms with Crippen molar-refractivity contribution in [1.82, 2.24) is 24.6 Å². The zero-order valence-corrected chi connectivity index (χ0v) is 16.1. The lowest BCUT2D eigenvalue weighted by Gasteiger charge is -2.25. The summed E-state index contributed by atoms with van der Waals surface area (Å²) in [7, 11) is 0. The molecule has 1 fully saturated rings. The molecular weight excluding hydrogens is 383 g/mol. The lowest BCUT2D eigenvalue weighted by Crippen LogP contribution is -2.35. The standard InChI is InChI=1S/C18H19FN6O2S/c1-12-20-16(23-25(12)15-4-2-13(19)3-5-15)17(26)22-18-21-14(11-28-18)10-24-6-8-27-9-7-24/h2-5,11H,6-10H2,1H3,(H,21,22,26). The fourth-order valence-corrected chi connectivity index (χ4v) is 3.59. The first-order valence-electron chi connectivity index (χ1n) is 8.84. The number of carbonyl (C=O) groups is 1. The summed E-state index contributed by atoms with van der Waals surface area (Å²) in [5.41, 5.74) is 1.54. The van der Waals surface area contributed by atoms with Crippen LogP contribution in [-0.4, -0.2) is 56.9 Å². The van der Waals surface area contributed by atoms with Gasteiger partial charge in [0.25, 0.3) is 5.91 Å². The van der Waals surface area contributed by atoms with E-state index in [0.717, 1.165) is 38.5 Å². The molecule has 0 atom stereocenters. The number of amides is 1. The lowest BCUT2D eigenvalue weighted by atomic mass is 10.3. The van der Waals surface area contributed by atoms with Crippen LogP contribution in [0.5, 0.6) is 0 Å². The van der Waals surface area contributed by atoms with Crippen LogP contribution in [0, 0.1) is 12.7 Å². The highest BCUT2D eigenvalue weighted by Gasteiger charge is 2.18. The number of benzene rings is 1. The number of aryl methyl sites for hydroxylation is 1. The van der Waals surface area contributed by atoms with Crippen molar-refractivity contribution in [2.75, 3.05) is 31.6 Å². The molecule has 0 radical (unpaired) electrons. The van der Waals surface area contributed by atoms with Crippen LogP contribution >= 0.6 is 11.3 Å². The Bertz CT molecular complexity index is 965. The molecule has 1 aromatic carbocycles. The van der Waals surface area contributed by atoms with Crippen molar-refractivity contribution in [3.05, 3.63) is 52.8 Å². The van der Waals surface area contributed by atoms with Crippen molar-refractivity contribution >= 4 is 22.4 Å². The third-order valence-electron chi connectivity index (χ3n) is 4.30. The Hall–Kier alpha value is -2.69. The normalized spacial score (nSPS) is 14.9. The topological polar surface area (TPSA) is 85.2 Å². The summed E-state index contributed by atoms with van der Waals surface area (Å²) in [5, 5.41) is 9.41. The van der Waals surface area contributed by atoms with Gasteiger partial charge in [-0.3, -0.25) is 15.0 Å². The molecule has 3 aromatic rings. The molecule has 0 bridgehead atoms. The van der Waals surface area contributed by atoms with Crippen LogP contribution in [0.4, 0.5) is 9.52 Å². The molecule has 0 spiro atoms. The number of nitrogens with one attached hydrogen (secondary N) is 1. The number of morpholine rings is 1. The van der Waals surface area contributed by atoms with Crippen LogP contribution in [0.25, 0.3) is 5.69 Å². The first-order valence-corrected chi connectivity index (χ1v) is 9.72. The van der Waals surface area contributed by atoms with Crippen LogP contribution in [-0.2, 0) is 11.3 Å². The number of anilines is 1. The minimum absolute atomic E-state index is 0.0340. The third kappa shape index (κ3) is 4.24. The molecule has 4 rings (SSSR count). The second-order valence-electron chi connectivity index (χ2n) is 6.36. The van der Waals surface area contributed by atoms with Gasteiger partial charge in [0.15, 0.2) is 5.13 Å². The van der Waals surface area contributed by atoms with E-state index in [0.29, 0.717) is 16.6 Å². The quantitative estimate of drug-likeness (QED) is 0.705. The Morgan fingerprint density at radius 2 is 2.00 bits per heavy atom. The number of carbonyl (C=O) groups excluding carboxylic acids is 1. The van der Waals surface area contributed by atoms with Crippen LogP contribution in [0.15, 0.2) is 29.6 Å². The Labute approximate surface area is 165 Å². The molecular formula is C18H19FN6O2S. The average Bonchev–Trinajstić information content (AvgIpc) is 3.30. The van der Waals surface area contributed by atoms with E-state index in [1.165, 1.54) is 28.2 Å². The fourth-order valence-electron chi connectivity index (χ4n) is 2.89. The summed E-state index contributed by atoms with van der Waals surface area (Å²) in [4.78, 5) is 23.4. The van der Waals surface area contributed by atoms with E-state index in [1.54, 1.807) is 19.1 Å². The van der Waals surface area contributed by atoms with Crippen LogP contribution in [0.2, 0.25) is 0 Å². The van der Waals surface area contributed by atoms with Crippen LogP contribution in [0.3, 0.4) is 0 Å². The maximum absolute atomic E-state index is 13.1. The van der Waals surface area contributed by atoms with Crippen molar-refractivity contribution in [2.45, 2.75) is 13.5 Å². The van der Waals surface area contributed by atoms with Gasteiger partial charge >= 0.3 is 0 Å². The molecule has 0 aliphatic carbocycles. The van der Waals surface area contributed by atoms with E-state index in [2.05, 4.69) is 25.3 Å². The third-order valence-corrected chi connectivity index (χ3v) is 5.11. The minimum Gasteiger partial charge on any atom is -0.379 e. The number of hydrogen-bond donors (Lipinski definition) is 1. The van der Waals surface area contributed by atoms with E-state index in [-0.39, 0.29) is 11.6 Å². The summed E-state index contributed by atoms with van der Waals surface area (Å²) in [6, 6.07) is 5.83. The molecule has 1 aliphatic heterocycles. The molecule has 1 saturated heterocycles. The maximum Gasteiger partial charge on any atom is 0.297 e. The van der Waals surface area contributed by atoms with Gasteiger partial charge < -0.3 is 4.74 Å². The largest absolute Gasteiger partial charge is 0.379 e. The van der Waals surface area contributed by atoms with Crippen LogP contribution < -0.4 is 5.32 Å². The number of hydrogen-bond acceptors (Lipinski definition) is 7. The highest BCUT2D eigenvalue weighted by Crippen LogP contribution is 2.18. The zero-order chi connectivity index (χ0) is 19.5. The molecule has 0 unspecified atom stereocenters. The van der Waals surface area contributed by atoms with Gasteiger partial charge in [-0.25, -0.2) is 19.0 Å². The first kappa shape index (κ1) is 18.7. The highest BCUT2D eigenvalue weighted by molar-refractivity contribution is 7.13. The summed E-state index contributed by atoms with van der Waals surface area (Å²) in [6.07, 6.45) is 0.